The molecule has 110 heavy (non-hydrogen) atoms. The topological polar surface area (TPSA) is 115 Å². The van der Waals surface area contributed by atoms with Gasteiger partial charge in [-0.2, -0.15) is 0 Å². The fourth-order valence-corrected chi connectivity index (χ4v) is 19.3. The van der Waals surface area contributed by atoms with Crippen LogP contribution in [0.2, 0.25) is 0 Å². The van der Waals surface area contributed by atoms with Crippen molar-refractivity contribution in [3.05, 3.63) is 209 Å². The Bertz CT molecular complexity index is 5930. The van der Waals surface area contributed by atoms with Crippen LogP contribution >= 0.6 is 0 Å². The highest BCUT2D eigenvalue weighted by atomic mass is 16.5. The summed E-state index contributed by atoms with van der Waals surface area (Å²) in [6.45, 7) is 45.9. The molecule has 0 saturated heterocycles. The van der Waals surface area contributed by atoms with Gasteiger partial charge in [-0.05, 0) is 194 Å². The van der Waals surface area contributed by atoms with Crippen LogP contribution in [0.5, 0.6) is 23.0 Å². The van der Waals surface area contributed by atoms with Gasteiger partial charge in [-0.25, -0.2) is 13.7 Å². The number of rotatable bonds is 1. The Morgan fingerprint density at radius 1 is 0.545 bits per heavy atom. The molecule has 2 aliphatic carbocycles. The molecule has 10 aliphatic heterocycles. The molecule has 572 valence electrons. The smallest absolute Gasteiger partial charge is 0.211 e. The number of anilines is 4. The molecule has 12 heteroatoms. The summed E-state index contributed by atoms with van der Waals surface area (Å²) in [6.07, 6.45) is 14.5. The summed E-state index contributed by atoms with van der Waals surface area (Å²) in [6, 6.07) is 38.9. The van der Waals surface area contributed by atoms with Gasteiger partial charge in [-0.1, -0.05) is 89.2 Å². The van der Waals surface area contributed by atoms with E-state index in [2.05, 4.69) is 280 Å². The third-order valence-corrected chi connectivity index (χ3v) is 24.6. The summed E-state index contributed by atoms with van der Waals surface area (Å²) >= 11 is 0. The van der Waals surface area contributed by atoms with Crippen molar-refractivity contribution in [3.63, 3.8) is 0 Å². The largest absolute Gasteiger partial charge is 0.456 e. The van der Waals surface area contributed by atoms with Gasteiger partial charge in [0.1, 0.15) is 79.9 Å². The second-order valence-corrected chi connectivity index (χ2v) is 38.2. The van der Waals surface area contributed by atoms with Gasteiger partial charge in [0.25, 0.3) is 0 Å². The van der Waals surface area contributed by atoms with Gasteiger partial charge in [0, 0.05) is 180 Å². The minimum atomic E-state index is -0.0370. The van der Waals surface area contributed by atoms with Crippen molar-refractivity contribution in [2.24, 2.45) is 10.8 Å². The van der Waals surface area contributed by atoms with Gasteiger partial charge in [-0.3, -0.25) is 5.41 Å². The van der Waals surface area contributed by atoms with Crippen molar-refractivity contribution in [1.29, 1.82) is 0 Å². The Kier molecular flexibility index (Phi) is 18.6. The first-order chi connectivity index (χ1) is 51.7. The zero-order valence-electron chi connectivity index (χ0n) is 70.5. The zero-order valence-corrected chi connectivity index (χ0v) is 70.5. The number of allylic oxidation sites excluding steroid dienone is 2. The summed E-state index contributed by atoms with van der Waals surface area (Å²) in [7, 11) is 12.6. The lowest BCUT2D eigenvalue weighted by atomic mass is 9.76. The number of fused-ring (bicyclic) bond motifs is 12. The van der Waals surface area contributed by atoms with Gasteiger partial charge in [0.15, 0.2) is 10.9 Å². The van der Waals surface area contributed by atoms with Crippen molar-refractivity contribution >= 4 is 67.0 Å². The van der Waals surface area contributed by atoms with E-state index in [1.165, 1.54) is 186 Å². The molecule has 12 nitrogen and oxygen atoms in total. The maximum absolute atomic E-state index is 7.07. The fraction of sp³-hybridized carbons (Fsp3) is 0.429. The minimum Gasteiger partial charge on any atom is -0.456 e. The Morgan fingerprint density at radius 2 is 1.15 bits per heavy atom. The van der Waals surface area contributed by atoms with Crippen LogP contribution < -0.4 is 80.9 Å². The Hall–Kier alpha value is -9.68. The molecule has 0 spiro atoms. The number of benzene rings is 8. The highest BCUT2D eigenvalue weighted by Crippen LogP contribution is 2.53. The normalized spacial score (nSPS) is 17.0. The maximum atomic E-state index is 7.07. The predicted octanol–water partition coefficient (Wildman–Crippen LogP) is 16.1. The van der Waals surface area contributed by atoms with Crippen LogP contribution in [0.4, 0.5) is 22.7 Å². The predicted molar refractivity (Wildman–Crippen MR) is 460 cm³/mol. The average Bonchev–Trinajstić information content (AvgIpc) is 0.714. The van der Waals surface area contributed by atoms with Gasteiger partial charge in [0.05, 0.1) is 29.3 Å². The summed E-state index contributed by atoms with van der Waals surface area (Å²) in [5.74, 6) is 6.04. The van der Waals surface area contributed by atoms with E-state index < -0.39 is 0 Å². The first-order valence-corrected chi connectivity index (χ1v) is 40.4. The SMILES string of the molecule is CC(C)(C)C1=c2cc3c4c(c2Oc2c1cc1c5c2CCCN5CCC1)CCC[N+]=4CCC3.CC(C)(C)c1c2ccc(=[NH2+])cc-2oc2cc(N)ccc12.CC1=CC(C)(C)N(C)c2cc3c(cc21)C(C(C)(C)C)=c1cc2c(cc1O3)=[N+](C)C(C)(C)C=C2C.CN(C)c1ccc2c(C(C)(C)C)c3ccc(=[N+](C)C)cc-3oc2c1. The summed E-state index contributed by atoms with van der Waals surface area (Å²) in [5.41, 5.74) is 33.9. The molecule has 0 aromatic heterocycles. The molecule has 0 atom stereocenters. The number of nitrogens with zero attached hydrogens (tertiary/aromatic N) is 6. The van der Waals surface area contributed by atoms with Crippen molar-refractivity contribution in [2.75, 3.05) is 88.9 Å². The van der Waals surface area contributed by atoms with Crippen LogP contribution in [0, 0.1) is 10.8 Å². The van der Waals surface area contributed by atoms with Gasteiger partial charge in [-0.15, -0.1) is 0 Å². The second kappa shape index (κ2) is 27.1. The number of nitrogens with two attached hydrogens (primary N) is 2. The van der Waals surface area contributed by atoms with E-state index >= 15 is 0 Å². The molecular weight excluding hydrogens is 1350 g/mol. The van der Waals surface area contributed by atoms with Crippen LogP contribution in [0.3, 0.4) is 0 Å². The first-order valence-electron chi connectivity index (χ1n) is 40.4. The number of aryl methyl sites for hydroxylation is 2. The minimum absolute atomic E-state index is 0.000486. The highest BCUT2D eigenvalue weighted by Gasteiger charge is 2.41. The van der Waals surface area contributed by atoms with Crippen LogP contribution in [0.25, 0.3) is 66.9 Å². The average molecular weight is 1470 g/mol. The Labute approximate surface area is 652 Å². The Balaban J connectivity index is 0.000000119. The molecule has 0 unspecified atom stereocenters. The van der Waals surface area contributed by atoms with E-state index in [0.717, 1.165) is 69.0 Å². The summed E-state index contributed by atoms with van der Waals surface area (Å²) < 4.78 is 33.2. The third-order valence-electron chi connectivity index (χ3n) is 24.6. The van der Waals surface area contributed by atoms with E-state index in [1.54, 1.807) is 11.1 Å². The van der Waals surface area contributed by atoms with Crippen LogP contribution in [0.15, 0.2) is 130 Å². The van der Waals surface area contributed by atoms with E-state index in [1.807, 2.05) is 36.4 Å². The summed E-state index contributed by atoms with van der Waals surface area (Å²) in [4.78, 5) is 7.11. The number of likely N-dealkylation sites (N-methyl/N-ethyl adjacent to an activating group) is 2. The Morgan fingerprint density at radius 3 is 1.80 bits per heavy atom. The van der Waals surface area contributed by atoms with E-state index in [-0.39, 0.29) is 32.7 Å². The lowest BCUT2D eigenvalue weighted by Crippen LogP contribution is -2.47. The van der Waals surface area contributed by atoms with Crippen LogP contribution in [0.1, 0.15) is 206 Å². The molecule has 12 aliphatic rings. The fourth-order valence-electron chi connectivity index (χ4n) is 19.3. The zero-order chi connectivity index (χ0) is 78.7. The molecule has 18 rings (SSSR count). The van der Waals surface area contributed by atoms with E-state index in [9.17, 15) is 0 Å². The molecule has 0 radical (unpaired) electrons. The standard InChI is InChI=1S/C31H39N2O.C29H35N2O.C21H27N2O.C17H18N2O/c1-18-16-30(6,7)32(10)24-14-26-22(12-20(18)24)28(29(3,4)5)23-13-21-19(2)17-31(8,9)33(11)25(21)15-27(23)34-26;1-29(2,3)24-22-16-18-8-4-12-30-14-6-10-20(25(18)30)27(22)32-28-21-11-7-15-31-13-5-9-19(26(21)31)17-23(24)28;1-21(2,3)20-16-10-8-14(22(4)5)12-18(16)24-19-13-15(23(6)7)9-11-17(19)20;1-17(2,3)16-12-6-4-10(18)8-14(12)20-15-9-11(19)5-7-13(15)16/h12-17H,1-11H3;16-17H,4-15H2,1-3H3;8-13H,1-7H3;4-9,18H,19H2,1-3H3/q3*+1;/p+1. The number of hydrogen-bond donors (Lipinski definition) is 2. The van der Waals surface area contributed by atoms with E-state index in [4.69, 9.17) is 29.5 Å². The van der Waals surface area contributed by atoms with E-state index in [0.29, 0.717) is 11.0 Å². The quantitative estimate of drug-likeness (QED) is 0.0949. The third kappa shape index (κ3) is 13.3. The van der Waals surface area contributed by atoms with Crippen molar-refractivity contribution in [2.45, 2.75) is 198 Å². The van der Waals surface area contributed by atoms with Crippen molar-refractivity contribution in [1.82, 2.24) is 13.7 Å². The molecule has 4 N–H and O–H groups in total. The number of hydrogen-bond acceptors (Lipinski definition) is 8. The van der Waals surface area contributed by atoms with Crippen LogP contribution in [-0.2, 0) is 36.5 Å². The highest BCUT2D eigenvalue weighted by molar-refractivity contribution is 5.94. The molecule has 0 bridgehead atoms. The lowest BCUT2D eigenvalue weighted by molar-refractivity contribution is -0.172. The molecule has 6 aromatic rings. The monoisotopic (exact) mass is 1470 g/mol. The molecule has 0 amide bonds. The maximum Gasteiger partial charge on any atom is 0.211 e. The summed E-state index contributed by atoms with van der Waals surface area (Å²) in [5, 5.41) is 15.4. The second-order valence-electron chi connectivity index (χ2n) is 38.2. The number of ether oxygens (including phenoxy) is 2. The molecular formula is C98H120N8O4+4. The van der Waals surface area contributed by atoms with Gasteiger partial charge in [0.2, 0.25) is 16.1 Å². The number of nitrogen functional groups attached to an aromatic ring is 1. The van der Waals surface area contributed by atoms with Crippen LogP contribution in [-0.4, -0.2) is 79.5 Å². The van der Waals surface area contributed by atoms with Crippen molar-refractivity contribution < 1.29 is 23.7 Å². The molecule has 0 saturated carbocycles. The molecule has 10 heterocycles. The molecule has 0 fully saturated rings. The van der Waals surface area contributed by atoms with Gasteiger partial charge >= 0.3 is 0 Å². The lowest BCUT2D eigenvalue weighted by Gasteiger charge is -2.41. The van der Waals surface area contributed by atoms with Gasteiger partial charge < -0.3 is 38.7 Å². The molecule has 6 aromatic carbocycles. The van der Waals surface area contributed by atoms with Crippen molar-refractivity contribution in [3.8, 4) is 45.6 Å². The first kappa shape index (κ1) is 75.7.